The molecule has 2 heterocycles. The second-order valence-electron chi connectivity index (χ2n) is 6.79. The number of pyridine rings is 1. The molecule has 2 aromatic heterocycles. The van der Waals surface area contributed by atoms with E-state index in [0.717, 1.165) is 29.0 Å². The predicted octanol–water partition coefficient (Wildman–Crippen LogP) is 4.41. The van der Waals surface area contributed by atoms with Crippen LogP contribution in [-0.2, 0) is 11.2 Å². The molecular formula is C22H23N5OS. The Bertz CT molecular complexity index is 1020. The van der Waals surface area contributed by atoms with Gasteiger partial charge in [0, 0.05) is 23.7 Å². The highest BCUT2D eigenvalue weighted by Crippen LogP contribution is 2.30. The standard InChI is InChI=1S/C22H23N5OS/c1-4-5-16-6-9-18(10-7-16)21-15(2)29-22(26-21)25-20(28)14-27(3)19-11-8-17(12-23)13-24-19/h6-11,13H,4-5,14H2,1-3H3,(H,25,26,28). The maximum Gasteiger partial charge on any atom is 0.245 e. The molecule has 0 aliphatic rings. The summed E-state index contributed by atoms with van der Waals surface area (Å²) in [6.07, 6.45) is 3.68. The van der Waals surface area contributed by atoms with Gasteiger partial charge in [-0.1, -0.05) is 37.6 Å². The van der Waals surface area contributed by atoms with Crippen LogP contribution in [0.15, 0.2) is 42.6 Å². The minimum Gasteiger partial charge on any atom is -0.350 e. The molecule has 0 saturated carbocycles. The summed E-state index contributed by atoms with van der Waals surface area (Å²) in [5.74, 6) is 0.458. The van der Waals surface area contributed by atoms with E-state index in [-0.39, 0.29) is 12.5 Å². The third-order valence-electron chi connectivity index (χ3n) is 4.46. The van der Waals surface area contributed by atoms with Crippen LogP contribution in [0.4, 0.5) is 10.9 Å². The summed E-state index contributed by atoms with van der Waals surface area (Å²) in [7, 11) is 1.78. The first-order valence-electron chi connectivity index (χ1n) is 9.44. The summed E-state index contributed by atoms with van der Waals surface area (Å²) in [5.41, 5.74) is 3.76. The van der Waals surface area contributed by atoms with E-state index in [9.17, 15) is 4.79 Å². The number of aromatic nitrogens is 2. The van der Waals surface area contributed by atoms with Gasteiger partial charge < -0.3 is 10.2 Å². The van der Waals surface area contributed by atoms with Crippen molar-refractivity contribution in [1.29, 1.82) is 5.26 Å². The van der Waals surface area contributed by atoms with E-state index in [1.165, 1.54) is 23.1 Å². The summed E-state index contributed by atoms with van der Waals surface area (Å²) in [6, 6.07) is 13.9. The van der Waals surface area contributed by atoms with Crippen molar-refractivity contribution >= 4 is 28.2 Å². The average Bonchev–Trinajstić information content (AvgIpc) is 3.08. The summed E-state index contributed by atoms with van der Waals surface area (Å²) in [6.45, 7) is 4.32. The van der Waals surface area contributed by atoms with E-state index < -0.39 is 0 Å². The highest BCUT2D eigenvalue weighted by molar-refractivity contribution is 7.16. The molecule has 1 aromatic carbocycles. The van der Waals surface area contributed by atoms with Gasteiger partial charge in [-0.05, 0) is 31.0 Å². The molecule has 3 rings (SSSR count). The molecule has 7 heteroatoms. The number of carbonyl (C=O) groups excluding carboxylic acids is 1. The Hall–Kier alpha value is -3.24. The zero-order chi connectivity index (χ0) is 20.8. The Kier molecular flexibility index (Phi) is 6.57. The molecule has 6 nitrogen and oxygen atoms in total. The van der Waals surface area contributed by atoms with Crippen molar-refractivity contribution in [2.24, 2.45) is 0 Å². The van der Waals surface area contributed by atoms with E-state index >= 15 is 0 Å². The number of nitrogens with zero attached hydrogens (tertiary/aromatic N) is 4. The Morgan fingerprint density at radius 2 is 2.00 bits per heavy atom. The van der Waals surface area contributed by atoms with Crippen molar-refractivity contribution in [3.63, 3.8) is 0 Å². The number of benzene rings is 1. The molecule has 0 bridgehead atoms. The van der Waals surface area contributed by atoms with Crippen LogP contribution in [0, 0.1) is 18.3 Å². The van der Waals surface area contributed by atoms with Gasteiger partial charge in [-0.25, -0.2) is 9.97 Å². The second-order valence-corrected chi connectivity index (χ2v) is 8.00. The molecular weight excluding hydrogens is 382 g/mol. The number of nitriles is 1. The first-order chi connectivity index (χ1) is 14.0. The normalized spacial score (nSPS) is 10.4. The number of aryl methyl sites for hydroxylation is 2. The van der Waals surface area contributed by atoms with Crippen molar-refractivity contribution in [1.82, 2.24) is 9.97 Å². The molecule has 0 saturated heterocycles. The summed E-state index contributed by atoms with van der Waals surface area (Å²) in [4.78, 5) is 24.0. The zero-order valence-electron chi connectivity index (χ0n) is 16.8. The number of hydrogen-bond donors (Lipinski definition) is 1. The quantitative estimate of drug-likeness (QED) is 0.629. The van der Waals surface area contributed by atoms with Gasteiger partial charge in [0.2, 0.25) is 5.91 Å². The van der Waals surface area contributed by atoms with Crippen LogP contribution < -0.4 is 10.2 Å². The number of nitrogens with one attached hydrogen (secondary N) is 1. The van der Waals surface area contributed by atoms with Crippen molar-refractivity contribution in [2.45, 2.75) is 26.7 Å². The smallest absolute Gasteiger partial charge is 0.245 e. The molecule has 1 amide bonds. The van der Waals surface area contributed by atoms with Crippen molar-refractivity contribution in [3.05, 3.63) is 58.6 Å². The molecule has 0 fully saturated rings. The molecule has 0 radical (unpaired) electrons. The maximum atomic E-state index is 12.4. The number of amides is 1. The number of likely N-dealkylation sites (N-methyl/N-ethyl adjacent to an activating group) is 1. The highest BCUT2D eigenvalue weighted by atomic mass is 32.1. The topological polar surface area (TPSA) is 81.9 Å². The van der Waals surface area contributed by atoms with E-state index in [1.54, 1.807) is 24.1 Å². The fraction of sp³-hybridized carbons (Fsp3) is 0.273. The Morgan fingerprint density at radius 1 is 1.24 bits per heavy atom. The Balaban J connectivity index is 1.65. The number of rotatable bonds is 7. The van der Waals surface area contributed by atoms with Crippen LogP contribution in [0.25, 0.3) is 11.3 Å². The monoisotopic (exact) mass is 405 g/mol. The Labute approximate surface area is 174 Å². The SMILES string of the molecule is CCCc1ccc(-c2nc(NC(=O)CN(C)c3ccc(C#N)cn3)sc2C)cc1. The number of carbonyl (C=O) groups is 1. The van der Waals surface area contributed by atoms with Gasteiger partial charge in [0.05, 0.1) is 17.8 Å². The van der Waals surface area contributed by atoms with Crippen LogP contribution in [0.2, 0.25) is 0 Å². The van der Waals surface area contributed by atoms with Gasteiger partial charge in [-0.3, -0.25) is 4.79 Å². The van der Waals surface area contributed by atoms with Crippen molar-refractivity contribution in [3.8, 4) is 17.3 Å². The fourth-order valence-electron chi connectivity index (χ4n) is 2.97. The van der Waals surface area contributed by atoms with Crippen LogP contribution >= 0.6 is 11.3 Å². The lowest BCUT2D eigenvalue weighted by molar-refractivity contribution is -0.114. The molecule has 148 valence electrons. The molecule has 1 N–H and O–H groups in total. The lowest BCUT2D eigenvalue weighted by atomic mass is 10.1. The molecule has 29 heavy (non-hydrogen) atoms. The second kappa shape index (κ2) is 9.30. The van der Waals surface area contributed by atoms with Gasteiger partial charge in [-0.15, -0.1) is 11.3 Å². The van der Waals surface area contributed by atoms with E-state index in [2.05, 4.69) is 46.5 Å². The van der Waals surface area contributed by atoms with Crippen LogP contribution in [0.5, 0.6) is 0 Å². The third-order valence-corrected chi connectivity index (χ3v) is 5.34. The molecule has 0 aliphatic carbocycles. The number of hydrogen-bond acceptors (Lipinski definition) is 6. The predicted molar refractivity (Wildman–Crippen MR) is 117 cm³/mol. The lowest BCUT2D eigenvalue weighted by Crippen LogP contribution is -2.30. The van der Waals surface area contributed by atoms with Gasteiger partial charge >= 0.3 is 0 Å². The van der Waals surface area contributed by atoms with Crippen molar-refractivity contribution in [2.75, 3.05) is 23.8 Å². The zero-order valence-corrected chi connectivity index (χ0v) is 17.6. The fourth-order valence-corrected chi connectivity index (χ4v) is 3.82. The first-order valence-corrected chi connectivity index (χ1v) is 10.3. The highest BCUT2D eigenvalue weighted by Gasteiger charge is 2.14. The van der Waals surface area contributed by atoms with Crippen molar-refractivity contribution < 1.29 is 4.79 Å². The molecule has 3 aromatic rings. The molecule has 0 spiro atoms. The summed E-state index contributed by atoms with van der Waals surface area (Å²) in [5, 5.41) is 12.3. The molecule has 0 atom stereocenters. The maximum absolute atomic E-state index is 12.4. The average molecular weight is 406 g/mol. The Morgan fingerprint density at radius 3 is 2.62 bits per heavy atom. The van der Waals surface area contributed by atoms with Crippen LogP contribution in [-0.4, -0.2) is 29.5 Å². The summed E-state index contributed by atoms with van der Waals surface area (Å²) < 4.78 is 0. The van der Waals surface area contributed by atoms with Crippen LogP contribution in [0.1, 0.15) is 29.3 Å². The minimum atomic E-state index is -0.169. The van der Waals surface area contributed by atoms with Crippen LogP contribution in [0.3, 0.4) is 0 Å². The number of thiazole rings is 1. The van der Waals surface area contributed by atoms with E-state index in [4.69, 9.17) is 5.26 Å². The van der Waals surface area contributed by atoms with E-state index in [0.29, 0.717) is 16.5 Å². The van der Waals surface area contributed by atoms with Gasteiger partial charge in [0.15, 0.2) is 5.13 Å². The minimum absolute atomic E-state index is 0.137. The van der Waals surface area contributed by atoms with E-state index in [1.807, 2.05) is 13.0 Å². The van der Waals surface area contributed by atoms with Gasteiger partial charge in [0.1, 0.15) is 11.9 Å². The largest absolute Gasteiger partial charge is 0.350 e. The molecule has 0 unspecified atom stereocenters. The summed E-state index contributed by atoms with van der Waals surface area (Å²) >= 11 is 1.47. The number of anilines is 2. The first kappa shape index (κ1) is 20.5. The van der Waals surface area contributed by atoms with Gasteiger partial charge in [-0.2, -0.15) is 5.26 Å². The lowest BCUT2D eigenvalue weighted by Gasteiger charge is -2.16. The third kappa shape index (κ3) is 5.18. The van der Waals surface area contributed by atoms with Gasteiger partial charge in [0.25, 0.3) is 0 Å². The molecule has 0 aliphatic heterocycles.